The molecule has 2 N–H and O–H groups in total. The summed E-state index contributed by atoms with van der Waals surface area (Å²) < 4.78 is 0. The Labute approximate surface area is 163 Å². The van der Waals surface area contributed by atoms with Crippen molar-refractivity contribution in [3.63, 3.8) is 0 Å². The van der Waals surface area contributed by atoms with Crippen molar-refractivity contribution in [3.8, 4) is 0 Å². The molecule has 5 nitrogen and oxygen atoms in total. The standard InChI is InChI=1S/C23H24N4O/c1-14-3-5-19-18(11-14)15(2)22(26-19)16-7-9-27(10-8-16)23(28)17-4-6-20-21(12-17)25-13-24-20/h3-6,11-13,16,26H,7-10H2,1-2H3,(H,24,25). The topological polar surface area (TPSA) is 64.8 Å². The van der Waals surface area contributed by atoms with Crippen LogP contribution in [0.15, 0.2) is 42.7 Å². The number of aryl methyl sites for hydroxylation is 2. The van der Waals surface area contributed by atoms with E-state index in [1.165, 1.54) is 27.7 Å². The second-order valence-electron chi connectivity index (χ2n) is 7.91. The molecule has 0 unspecified atom stereocenters. The van der Waals surface area contributed by atoms with Gasteiger partial charge in [0.2, 0.25) is 0 Å². The van der Waals surface area contributed by atoms with Gasteiger partial charge >= 0.3 is 0 Å². The van der Waals surface area contributed by atoms with Crippen LogP contribution in [0.5, 0.6) is 0 Å². The average Bonchev–Trinajstić information content (AvgIpc) is 3.32. The van der Waals surface area contributed by atoms with Crippen molar-refractivity contribution < 1.29 is 4.79 Å². The fourth-order valence-electron chi connectivity index (χ4n) is 4.49. The van der Waals surface area contributed by atoms with E-state index in [1.54, 1.807) is 6.33 Å². The first-order valence-corrected chi connectivity index (χ1v) is 9.91. The molecule has 0 atom stereocenters. The maximum atomic E-state index is 12.9. The molecule has 4 aromatic rings. The first-order valence-electron chi connectivity index (χ1n) is 9.91. The average molecular weight is 372 g/mol. The van der Waals surface area contributed by atoms with Crippen LogP contribution in [0.4, 0.5) is 0 Å². The minimum atomic E-state index is 0.110. The van der Waals surface area contributed by atoms with Crippen LogP contribution < -0.4 is 0 Å². The van der Waals surface area contributed by atoms with Gasteiger partial charge in [0.05, 0.1) is 17.4 Å². The summed E-state index contributed by atoms with van der Waals surface area (Å²) in [7, 11) is 0. The van der Waals surface area contributed by atoms with Gasteiger partial charge in [-0.2, -0.15) is 0 Å². The zero-order valence-electron chi connectivity index (χ0n) is 16.2. The fourth-order valence-corrected chi connectivity index (χ4v) is 4.49. The van der Waals surface area contributed by atoms with Crippen molar-refractivity contribution in [2.24, 2.45) is 0 Å². The zero-order chi connectivity index (χ0) is 19.3. The van der Waals surface area contributed by atoms with Crippen molar-refractivity contribution in [1.29, 1.82) is 0 Å². The number of amides is 1. The number of H-pyrrole nitrogens is 2. The molecule has 1 fully saturated rings. The number of hydrogen-bond acceptors (Lipinski definition) is 2. The highest BCUT2D eigenvalue weighted by molar-refractivity contribution is 5.97. The lowest BCUT2D eigenvalue weighted by molar-refractivity contribution is 0.0712. The lowest BCUT2D eigenvalue weighted by atomic mass is 9.91. The highest BCUT2D eigenvalue weighted by Gasteiger charge is 2.27. The van der Waals surface area contributed by atoms with E-state index in [4.69, 9.17) is 0 Å². The molecule has 0 aliphatic carbocycles. The number of fused-ring (bicyclic) bond motifs is 2. The lowest BCUT2D eigenvalue weighted by Gasteiger charge is -2.32. The Morgan fingerprint density at radius 1 is 1.07 bits per heavy atom. The minimum Gasteiger partial charge on any atom is -0.358 e. The minimum absolute atomic E-state index is 0.110. The number of imidazole rings is 1. The Morgan fingerprint density at radius 3 is 2.71 bits per heavy atom. The molecule has 0 radical (unpaired) electrons. The summed E-state index contributed by atoms with van der Waals surface area (Å²) in [5.41, 5.74) is 7.72. The van der Waals surface area contributed by atoms with Gasteiger partial charge < -0.3 is 14.9 Å². The fraction of sp³-hybridized carbons (Fsp3) is 0.304. The molecule has 5 rings (SSSR count). The molecule has 0 spiro atoms. The van der Waals surface area contributed by atoms with E-state index in [0.29, 0.717) is 5.92 Å². The van der Waals surface area contributed by atoms with Gasteiger partial charge in [-0.25, -0.2) is 4.98 Å². The number of nitrogens with one attached hydrogen (secondary N) is 2. The molecular weight excluding hydrogens is 348 g/mol. The summed E-state index contributed by atoms with van der Waals surface area (Å²) in [6.07, 6.45) is 3.64. The Kier molecular flexibility index (Phi) is 3.97. The van der Waals surface area contributed by atoms with E-state index < -0.39 is 0 Å². The largest absolute Gasteiger partial charge is 0.358 e. The van der Waals surface area contributed by atoms with Gasteiger partial charge in [-0.3, -0.25) is 4.79 Å². The molecule has 5 heteroatoms. The number of benzene rings is 2. The van der Waals surface area contributed by atoms with Crippen molar-refractivity contribution in [2.75, 3.05) is 13.1 Å². The number of piperidine rings is 1. The molecule has 1 aliphatic rings. The summed E-state index contributed by atoms with van der Waals surface area (Å²) in [5.74, 6) is 0.589. The van der Waals surface area contributed by atoms with E-state index in [1.807, 2.05) is 23.1 Å². The van der Waals surface area contributed by atoms with Crippen LogP contribution in [-0.4, -0.2) is 38.8 Å². The van der Waals surface area contributed by atoms with Crippen LogP contribution in [0, 0.1) is 13.8 Å². The summed E-state index contributed by atoms with van der Waals surface area (Å²) in [5, 5.41) is 1.32. The van der Waals surface area contributed by atoms with Crippen LogP contribution in [0.25, 0.3) is 21.9 Å². The van der Waals surface area contributed by atoms with Crippen molar-refractivity contribution in [2.45, 2.75) is 32.6 Å². The maximum absolute atomic E-state index is 12.9. The Bertz CT molecular complexity index is 1180. The van der Waals surface area contributed by atoms with E-state index in [0.717, 1.165) is 42.5 Å². The number of carbonyl (C=O) groups is 1. The number of aromatic amines is 2. The summed E-state index contributed by atoms with van der Waals surface area (Å²) in [6.45, 7) is 5.93. The zero-order valence-corrected chi connectivity index (χ0v) is 16.2. The van der Waals surface area contributed by atoms with Gasteiger partial charge in [0.25, 0.3) is 5.91 Å². The van der Waals surface area contributed by atoms with Crippen molar-refractivity contribution in [1.82, 2.24) is 19.9 Å². The third-order valence-electron chi connectivity index (χ3n) is 6.11. The van der Waals surface area contributed by atoms with E-state index in [2.05, 4.69) is 47.0 Å². The second kappa shape index (κ2) is 6.51. The van der Waals surface area contributed by atoms with Gasteiger partial charge in [0, 0.05) is 41.2 Å². The number of aromatic nitrogens is 3. The molecule has 1 saturated heterocycles. The maximum Gasteiger partial charge on any atom is 0.253 e. The quantitative estimate of drug-likeness (QED) is 0.536. The van der Waals surface area contributed by atoms with E-state index in [-0.39, 0.29) is 5.91 Å². The molecule has 3 heterocycles. The number of rotatable bonds is 2. The van der Waals surface area contributed by atoms with Crippen LogP contribution in [0.1, 0.15) is 45.9 Å². The van der Waals surface area contributed by atoms with E-state index in [9.17, 15) is 4.79 Å². The lowest BCUT2D eigenvalue weighted by Crippen LogP contribution is -2.38. The Hall–Kier alpha value is -3.08. The van der Waals surface area contributed by atoms with Crippen LogP contribution >= 0.6 is 0 Å². The number of hydrogen-bond donors (Lipinski definition) is 2. The summed E-state index contributed by atoms with van der Waals surface area (Å²) in [6, 6.07) is 12.3. The molecule has 1 aliphatic heterocycles. The van der Waals surface area contributed by atoms with Gasteiger partial charge in [0.15, 0.2) is 0 Å². The predicted octanol–water partition coefficient (Wildman–Crippen LogP) is 4.68. The normalized spacial score (nSPS) is 15.6. The molecule has 1 amide bonds. The van der Waals surface area contributed by atoms with E-state index >= 15 is 0 Å². The number of nitrogens with zero attached hydrogens (tertiary/aromatic N) is 2. The molecule has 142 valence electrons. The van der Waals surface area contributed by atoms with Gasteiger partial charge in [-0.05, 0) is 62.6 Å². The molecule has 0 saturated carbocycles. The van der Waals surface area contributed by atoms with Gasteiger partial charge in [0.1, 0.15) is 0 Å². The van der Waals surface area contributed by atoms with Crippen molar-refractivity contribution >= 4 is 27.8 Å². The highest BCUT2D eigenvalue weighted by atomic mass is 16.2. The highest BCUT2D eigenvalue weighted by Crippen LogP contribution is 2.34. The smallest absolute Gasteiger partial charge is 0.253 e. The van der Waals surface area contributed by atoms with Crippen LogP contribution in [-0.2, 0) is 0 Å². The van der Waals surface area contributed by atoms with Crippen molar-refractivity contribution in [3.05, 3.63) is 65.1 Å². The number of likely N-dealkylation sites (tertiary alicyclic amines) is 1. The Balaban J connectivity index is 1.33. The van der Waals surface area contributed by atoms with Gasteiger partial charge in [-0.1, -0.05) is 11.6 Å². The molecule has 28 heavy (non-hydrogen) atoms. The SMILES string of the molecule is Cc1ccc2[nH]c(C3CCN(C(=O)c4ccc5nc[nH]c5c4)CC3)c(C)c2c1. The molecule has 2 aromatic carbocycles. The summed E-state index contributed by atoms with van der Waals surface area (Å²) >= 11 is 0. The summed E-state index contributed by atoms with van der Waals surface area (Å²) in [4.78, 5) is 25.9. The molecular formula is C23H24N4O. The van der Waals surface area contributed by atoms with Crippen LogP contribution in [0.3, 0.4) is 0 Å². The molecule has 2 aromatic heterocycles. The monoisotopic (exact) mass is 372 g/mol. The first kappa shape index (κ1) is 17.0. The predicted molar refractivity (Wildman–Crippen MR) is 112 cm³/mol. The van der Waals surface area contributed by atoms with Gasteiger partial charge in [-0.15, -0.1) is 0 Å². The molecule has 0 bridgehead atoms. The second-order valence-corrected chi connectivity index (χ2v) is 7.91. The first-order chi connectivity index (χ1) is 13.6. The van der Waals surface area contributed by atoms with Crippen LogP contribution in [0.2, 0.25) is 0 Å². The third-order valence-corrected chi connectivity index (χ3v) is 6.11. The number of carbonyl (C=O) groups excluding carboxylic acids is 1. The Morgan fingerprint density at radius 2 is 1.89 bits per heavy atom. The third kappa shape index (κ3) is 2.78.